The van der Waals surface area contributed by atoms with Crippen LogP contribution in [0.4, 0.5) is 5.69 Å². The lowest BCUT2D eigenvalue weighted by molar-refractivity contribution is 0.415. The predicted octanol–water partition coefficient (Wildman–Crippen LogP) is 2.78. The summed E-state index contributed by atoms with van der Waals surface area (Å²) in [7, 11) is 3.40. The molecule has 7 nitrogen and oxygen atoms in total. The molecule has 2 aromatic carbocycles. The lowest BCUT2D eigenvalue weighted by atomic mass is 10.1. The first-order valence-electron chi connectivity index (χ1n) is 8.46. The summed E-state index contributed by atoms with van der Waals surface area (Å²) in [5.41, 5.74) is 1.71. The number of hydrogen-bond donors (Lipinski definition) is 2. The minimum atomic E-state index is -0.351. The lowest BCUT2D eigenvalue weighted by Gasteiger charge is -2.19. The monoisotopic (exact) mass is 367 g/mol. The van der Waals surface area contributed by atoms with E-state index in [-0.39, 0.29) is 22.7 Å². The van der Waals surface area contributed by atoms with Crippen molar-refractivity contribution in [3.8, 4) is 34.2 Å². The van der Waals surface area contributed by atoms with Crippen LogP contribution in [0.15, 0.2) is 53.3 Å². The van der Waals surface area contributed by atoms with Gasteiger partial charge in [-0.2, -0.15) is 9.78 Å². The third kappa shape index (κ3) is 3.72. The topological polar surface area (TPSA) is 87.8 Å². The predicted molar refractivity (Wildman–Crippen MR) is 104 cm³/mol. The Labute approximate surface area is 156 Å². The molecule has 0 aliphatic heterocycles. The van der Waals surface area contributed by atoms with E-state index in [0.29, 0.717) is 23.7 Å². The Bertz CT molecular complexity index is 1010. The summed E-state index contributed by atoms with van der Waals surface area (Å²) < 4.78 is 6.45. The molecule has 0 aliphatic carbocycles. The molecule has 27 heavy (non-hydrogen) atoms. The standard InChI is InChI=1S/C20H21N3O4/c1-4-22(2)19-12-18(13-6-5-7-17(8-13)27-3)21-23(20(19)26)14-9-15(24)11-16(25)10-14/h5-12,24-25H,4H2,1-3H3. The third-order valence-corrected chi connectivity index (χ3v) is 4.28. The lowest BCUT2D eigenvalue weighted by Crippen LogP contribution is -2.30. The van der Waals surface area contributed by atoms with Crippen molar-refractivity contribution < 1.29 is 14.9 Å². The molecule has 0 radical (unpaired) electrons. The number of rotatable bonds is 5. The van der Waals surface area contributed by atoms with Crippen LogP contribution in [0, 0.1) is 0 Å². The van der Waals surface area contributed by atoms with Gasteiger partial charge >= 0.3 is 0 Å². The number of nitrogens with zero attached hydrogens (tertiary/aromatic N) is 3. The molecule has 0 fully saturated rings. The average Bonchev–Trinajstić information content (AvgIpc) is 2.66. The van der Waals surface area contributed by atoms with E-state index in [4.69, 9.17) is 4.74 Å². The van der Waals surface area contributed by atoms with Gasteiger partial charge in [0.2, 0.25) is 0 Å². The molecule has 0 aliphatic rings. The van der Waals surface area contributed by atoms with Crippen LogP contribution in [-0.2, 0) is 0 Å². The average molecular weight is 367 g/mol. The van der Waals surface area contributed by atoms with Gasteiger partial charge in [-0.05, 0) is 25.1 Å². The van der Waals surface area contributed by atoms with Crippen molar-refractivity contribution in [2.24, 2.45) is 0 Å². The van der Waals surface area contributed by atoms with Gasteiger partial charge in [0.25, 0.3) is 5.56 Å². The van der Waals surface area contributed by atoms with Gasteiger partial charge in [-0.1, -0.05) is 12.1 Å². The molecular formula is C20H21N3O4. The highest BCUT2D eigenvalue weighted by molar-refractivity contribution is 5.65. The maximum absolute atomic E-state index is 13.0. The van der Waals surface area contributed by atoms with E-state index in [1.807, 2.05) is 43.1 Å². The second kappa shape index (κ2) is 7.41. The molecular weight excluding hydrogens is 346 g/mol. The van der Waals surface area contributed by atoms with Gasteiger partial charge in [-0.3, -0.25) is 4.79 Å². The molecule has 0 saturated heterocycles. The zero-order valence-electron chi connectivity index (χ0n) is 15.4. The van der Waals surface area contributed by atoms with E-state index in [9.17, 15) is 15.0 Å². The van der Waals surface area contributed by atoms with Crippen molar-refractivity contribution in [1.82, 2.24) is 9.78 Å². The number of phenolic OH excluding ortho intramolecular Hbond substituents is 2. The smallest absolute Gasteiger partial charge is 0.295 e. The molecule has 0 spiro atoms. The van der Waals surface area contributed by atoms with Crippen molar-refractivity contribution >= 4 is 5.69 Å². The number of benzene rings is 2. The number of phenols is 2. The van der Waals surface area contributed by atoms with E-state index < -0.39 is 0 Å². The van der Waals surface area contributed by atoms with Gasteiger partial charge < -0.3 is 19.8 Å². The molecule has 0 bridgehead atoms. The van der Waals surface area contributed by atoms with Gasteiger partial charge in [0.1, 0.15) is 22.9 Å². The zero-order valence-corrected chi connectivity index (χ0v) is 15.4. The van der Waals surface area contributed by atoms with E-state index in [1.54, 1.807) is 13.2 Å². The fourth-order valence-corrected chi connectivity index (χ4v) is 2.73. The molecule has 3 rings (SSSR count). The van der Waals surface area contributed by atoms with E-state index in [2.05, 4.69) is 5.10 Å². The van der Waals surface area contributed by atoms with Gasteiger partial charge in [-0.25, -0.2) is 0 Å². The van der Waals surface area contributed by atoms with Crippen molar-refractivity contribution in [2.45, 2.75) is 6.92 Å². The quantitative estimate of drug-likeness (QED) is 0.721. The largest absolute Gasteiger partial charge is 0.508 e. The number of methoxy groups -OCH3 is 1. The van der Waals surface area contributed by atoms with Crippen LogP contribution in [0.25, 0.3) is 16.9 Å². The minimum absolute atomic E-state index is 0.157. The van der Waals surface area contributed by atoms with Crippen LogP contribution < -0.4 is 15.2 Å². The molecule has 0 atom stereocenters. The van der Waals surface area contributed by atoms with Gasteiger partial charge in [0.15, 0.2) is 0 Å². The number of anilines is 1. The normalized spacial score (nSPS) is 10.6. The fraction of sp³-hybridized carbons (Fsp3) is 0.200. The van der Waals surface area contributed by atoms with Crippen molar-refractivity contribution in [2.75, 3.05) is 25.6 Å². The molecule has 1 heterocycles. The Morgan fingerprint density at radius 3 is 2.44 bits per heavy atom. The molecule has 2 N–H and O–H groups in total. The summed E-state index contributed by atoms with van der Waals surface area (Å²) in [6, 6.07) is 13.0. The number of hydrogen-bond acceptors (Lipinski definition) is 6. The molecule has 0 saturated carbocycles. The zero-order chi connectivity index (χ0) is 19.6. The minimum Gasteiger partial charge on any atom is -0.508 e. The molecule has 0 amide bonds. The Hall–Kier alpha value is -3.48. The van der Waals surface area contributed by atoms with Crippen LogP contribution in [0.1, 0.15) is 6.92 Å². The highest BCUT2D eigenvalue weighted by Gasteiger charge is 2.15. The first-order valence-corrected chi connectivity index (χ1v) is 8.46. The second-order valence-corrected chi connectivity index (χ2v) is 6.09. The van der Waals surface area contributed by atoms with Crippen LogP contribution in [-0.4, -0.2) is 40.7 Å². The SMILES string of the molecule is CCN(C)c1cc(-c2cccc(OC)c2)nn(-c2cc(O)cc(O)c2)c1=O. The Morgan fingerprint density at radius 2 is 1.81 bits per heavy atom. The van der Waals surface area contributed by atoms with Gasteiger partial charge in [0, 0.05) is 37.4 Å². The van der Waals surface area contributed by atoms with Crippen LogP contribution in [0.2, 0.25) is 0 Å². The van der Waals surface area contributed by atoms with E-state index in [1.165, 1.54) is 22.9 Å². The summed E-state index contributed by atoms with van der Waals surface area (Å²) in [6.45, 7) is 2.57. The van der Waals surface area contributed by atoms with Gasteiger partial charge in [-0.15, -0.1) is 0 Å². The first kappa shape index (κ1) is 18.3. The third-order valence-electron chi connectivity index (χ3n) is 4.28. The second-order valence-electron chi connectivity index (χ2n) is 6.09. The molecule has 140 valence electrons. The Kier molecular flexibility index (Phi) is 5.03. The van der Waals surface area contributed by atoms with Crippen molar-refractivity contribution in [3.63, 3.8) is 0 Å². The molecule has 7 heteroatoms. The van der Waals surface area contributed by atoms with E-state index in [0.717, 1.165) is 5.56 Å². The molecule has 3 aromatic rings. The van der Waals surface area contributed by atoms with Crippen LogP contribution >= 0.6 is 0 Å². The summed E-state index contributed by atoms with van der Waals surface area (Å²) >= 11 is 0. The fourth-order valence-electron chi connectivity index (χ4n) is 2.73. The number of ether oxygens (including phenoxy) is 1. The summed E-state index contributed by atoms with van der Waals surface area (Å²) in [6.07, 6.45) is 0. The maximum atomic E-state index is 13.0. The number of aromatic nitrogens is 2. The summed E-state index contributed by atoms with van der Waals surface area (Å²) in [5.74, 6) is 0.360. The van der Waals surface area contributed by atoms with Crippen LogP contribution in [0.3, 0.4) is 0 Å². The highest BCUT2D eigenvalue weighted by Crippen LogP contribution is 2.26. The number of aromatic hydroxyl groups is 2. The first-order chi connectivity index (χ1) is 12.9. The molecule has 1 aromatic heterocycles. The maximum Gasteiger partial charge on any atom is 0.295 e. The van der Waals surface area contributed by atoms with Crippen LogP contribution in [0.5, 0.6) is 17.2 Å². The van der Waals surface area contributed by atoms with Crippen molar-refractivity contribution in [1.29, 1.82) is 0 Å². The Morgan fingerprint density at radius 1 is 1.11 bits per heavy atom. The van der Waals surface area contributed by atoms with Gasteiger partial charge in [0.05, 0.1) is 18.5 Å². The highest BCUT2D eigenvalue weighted by atomic mass is 16.5. The molecule has 0 unspecified atom stereocenters. The summed E-state index contributed by atoms with van der Waals surface area (Å²) in [5, 5.41) is 24.0. The Balaban J connectivity index is 2.27. The van der Waals surface area contributed by atoms with Crippen molar-refractivity contribution in [3.05, 3.63) is 58.9 Å². The summed E-state index contributed by atoms with van der Waals surface area (Å²) in [4.78, 5) is 14.8. The van der Waals surface area contributed by atoms with E-state index >= 15 is 0 Å².